The molecule has 1 amide bonds. The Labute approximate surface area is 119 Å². The first kappa shape index (κ1) is 13.4. The molecule has 108 valence electrons. The quantitative estimate of drug-likeness (QED) is 0.825. The smallest absolute Gasteiger partial charge is 0.260 e. The van der Waals surface area contributed by atoms with Crippen molar-refractivity contribution in [3.63, 3.8) is 0 Å². The highest BCUT2D eigenvalue weighted by Crippen LogP contribution is 2.37. The summed E-state index contributed by atoms with van der Waals surface area (Å²) in [5, 5.41) is 9.89. The van der Waals surface area contributed by atoms with Gasteiger partial charge in [-0.1, -0.05) is 6.07 Å². The highest BCUT2D eigenvalue weighted by Gasteiger charge is 2.34. The minimum absolute atomic E-state index is 0.246. The van der Waals surface area contributed by atoms with E-state index in [1.165, 1.54) is 0 Å². The van der Waals surface area contributed by atoms with Gasteiger partial charge in [0.15, 0.2) is 6.10 Å². The molecule has 2 unspecified atom stereocenters. The number of carbonyl (C=O) groups is 1. The number of carbonyl (C=O) groups excluding carboxylic acids is 1. The number of amides is 1. The summed E-state index contributed by atoms with van der Waals surface area (Å²) < 4.78 is 0. The fourth-order valence-electron chi connectivity index (χ4n) is 2.97. The van der Waals surface area contributed by atoms with Gasteiger partial charge in [-0.05, 0) is 26.1 Å². The predicted octanol–water partition coefficient (Wildman–Crippen LogP) is 0.837. The number of anilines is 2. The first-order valence-corrected chi connectivity index (χ1v) is 7.04. The zero-order valence-electron chi connectivity index (χ0n) is 12.2. The maximum atomic E-state index is 11.8. The standard InChI is InChI=1S/C15H21N3O2/c1-10-9-18(7-6-16(10)2)11-4-5-12-13(8-11)17(3)15(20)14(12)19/h4-5,8,10,14,19H,6-7,9H2,1-3H3. The first-order chi connectivity index (χ1) is 9.49. The van der Waals surface area contributed by atoms with Gasteiger partial charge >= 0.3 is 0 Å². The van der Waals surface area contributed by atoms with Crippen molar-refractivity contribution in [1.29, 1.82) is 0 Å². The summed E-state index contributed by atoms with van der Waals surface area (Å²) in [6.45, 7) is 5.23. The molecular formula is C15H21N3O2. The van der Waals surface area contributed by atoms with E-state index in [9.17, 15) is 9.90 Å². The van der Waals surface area contributed by atoms with Gasteiger partial charge in [0.2, 0.25) is 0 Å². The van der Waals surface area contributed by atoms with Gasteiger partial charge in [0.1, 0.15) is 0 Å². The lowest BCUT2D eigenvalue weighted by Crippen LogP contribution is -2.50. The molecule has 5 heteroatoms. The Bertz CT molecular complexity index is 546. The Morgan fingerprint density at radius 2 is 2.00 bits per heavy atom. The fourth-order valence-corrected chi connectivity index (χ4v) is 2.97. The highest BCUT2D eigenvalue weighted by molar-refractivity contribution is 6.03. The summed E-state index contributed by atoms with van der Waals surface area (Å²) in [6.07, 6.45) is -1.00. The lowest BCUT2D eigenvalue weighted by atomic mass is 10.1. The summed E-state index contributed by atoms with van der Waals surface area (Å²) in [6, 6.07) is 6.41. The van der Waals surface area contributed by atoms with Crippen LogP contribution in [0.3, 0.4) is 0 Å². The van der Waals surface area contributed by atoms with Crippen LogP contribution in [0.25, 0.3) is 0 Å². The highest BCUT2D eigenvalue weighted by atomic mass is 16.3. The minimum Gasteiger partial charge on any atom is -0.378 e. The van der Waals surface area contributed by atoms with Crippen molar-refractivity contribution in [3.05, 3.63) is 23.8 Å². The van der Waals surface area contributed by atoms with Gasteiger partial charge in [0.25, 0.3) is 5.91 Å². The van der Waals surface area contributed by atoms with E-state index in [2.05, 4.69) is 23.8 Å². The zero-order valence-corrected chi connectivity index (χ0v) is 12.2. The molecule has 0 saturated carbocycles. The van der Waals surface area contributed by atoms with Crippen LogP contribution in [0.2, 0.25) is 0 Å². The number of rotatable bonds is 1. The zero-order chi connectivity index (χ0) is 14.4. The number of likely N-dealkylation sites (N-methyl/N-ethyl adjacent to an activating group) is 2. The Balaban J connectivity index is 1.89. The molecule has 2 aliphatic rings. The third-order valence-electron chi connectivity index (χ3n) is 4.56. The van der Waals surface area contributed by atoms with Crippen LogP contribution >= 0.6 is 0 Å². The average Bonchev–Trinajstić information content (AvgIpc) is 2.66. The van der Waals surface area contributed by atoms with Crippen molar-refractivity contribution in [2.24, 2.45) is 0 Å². The molecule has 2 aliphatic heterocycles. The van der Waals surface area contributed by atoms with Crippen molar-refractivity contribution in [2.45, 2.75) is 19.1 Å². The van der Waals surface area contributed by atoms with Crippen molar-refractivity contribution >= 4 is 17.3 Å². The molecule has 1 N–H and O–H groups in total. The third-order valence-corrected chi connectivity index (χ3v) is 4.56. The van der Waals surface area contributed by atoms with Crippen LogP contribution in [-0.4, -0.2) is 55.7 Å². The van der Waals surface area contributed by atoms with Gasteiger partial charge in [-0.3, -0.25) is 4.79 Å². The maximum absolute atomic E-state index is 11.8. The van der Waals surface area contributed by atoms with E-state index in [1.54, 1.807) is 11.9 Å². The molecule has 1 fully saturated rings. The van der Waals surface area contributed by atoms with Crippen LogP contribution in [0.5, 0.6) is 0 Å². The Kier molecular flexibility index (Phi) is 3.18. The molecule has 0 bridgehead atoms. The molecule has 1 aromatic carbocycles. The predicted molar refractivity (Wildman–Crippen MR) is 79.1 cm³/mol. The first-order valence-electron chi connectivity index (χ1n) is 7.04. The second-order valence-electron chi connectivity index (χ2n) is 5.82. The second-order valence-corrected chi connectivity index (χ2v) is 5.82. The van der Waals surface area contributed by atoms with Crippen molar-refractivity contribution in [1.82, 2.24) is 4.90 Å². The lowest BCUT2D eigenvalue weighted by Gasteiger charge is -2.39. The number of aliphatic hydroxyl groups excluding tert-OH is 1. The Morgan fingerprint density at radius 1 is 1.25 bits per heavy atom. The van der Waals surface area contributed by atoms with Gasteiger partial charge in [-0.25, -0.2) is 0 Å². The van der Waals surface area contributed by atoms with Crippen LogP contribution in [-0.2, 0) is 4.79 Å². The average molecular weight is 275 g/mol. The third kappa shape index (κ3) is 1.98. The molecule has 3 rings (SSSR count). The molecule has 0 aromatic heterocycles. The van der Waals surface area contributed by atoms with E-state index in [4.69, 9.17) is 0 Å². The van der Waals surface area contributed by atoms with Gasteiger partial charge in [-0.15, -0.1) is 0 Å². The van der Waals surface area contributed by atoms with Crippen LogP contribution in [0.1, 0.15) is 18.6 Å². The van der Waals surface area contributed by atoms with Gasteiger partial charge in [-0.2, -0.15) is 0 Å². The van der Waals surface area contributed by atoms with Gasteiger partial charge in [0, 0.05) is 44.0 Å². The fraction of sp³-hybridized carbons (Fsp3) is 0.533. The van der Waals surface area contributed by atoms with Crippen LogP contribution < -0.4 is 9.80 Å². The van der Waals surface area contributed by atoms with Crippen molar-refractivity contribution in [3.8, 4) is 0 Å². The number of piperazine rings is 1. The van der Waals surface area contributed by atoms with E-state index in [0.29, 0.717) is 11.6 Å². The molecule has 2 atom stereocenters. The van der Waals surface area contributed by atoms with E-state index < -0.39 is 6.10 Å². The molecule has 20 heavy (non-hydrogen) atoms. The van der Waals surface area contributed by atoms with E-state index in [-0.39, 0.29) is 5.91 Å². The van der Waals surface area contributed by atoms with Crippen LogP contribution in [0.15, 0.2) is 18.2 Å². The number of hydrogen-bond donors (Lipinski definition) is 1. The molecule has 0 radical (unpaired) electrons. The molecule has 0 aliphatic carbocycles. The molecule has 2 heterocycles. The summed E-state index contributed by atoms with van der Waals surface area (Å²) in [4.78, 5) is 18.0. The van der Waals surface area contributed by atoms with E-state index >= 15 is 0 Å². The number of fused-ring (bicyclic) bond motifs is 1. The number of hydrogen-bond acceptors (Lipinski definition) is 4. The van der Waals surface area contributed by atoms with E-state index in [0.717, 1.165) is 31.0 Å². The second kappa shape index (κ2) is 4.75. The minimum atomic E-state index is -1.00. The van der Waals surface area contributed by atoms with Gasteiger partial charge in [0.05, 0.1) is 5.69 Å². The Morgan fingerprint density at radius 3 is 2.70 bits per heavy atom. The SMILES string of the molecule is CC1CN(c2ccc3c(c2)N(C)C(=O)C3O)CCN1C. The molecule has 5 nitrogen and oxygen atoms in total. The molecule has 0 spiro atoms. The number of benzene rings is 1. The summed E-state index contributed by atoms with van der Waals surface area (Å²) in [5.41, 5.74) is 2.66. The van der Waals surface area contributed by atoms with Gasteiger partial charge < -0.3 is 19.8 Å². The molecule has 1 aromatic rings. The topological polar surface area (TPSA) is 47.0 Å². The van der Waals surface area contributed by atoms with Crippen LogP contribution in [0, 0.1) is 0 Å². The van der Waals surface area contributed by atoms with Crippen molar-refractivity contribution < 1.29 is 9.90 Å². The van der Waals surface area contributed by atoms with Crippen molar-refractivity contribution in [2.75, 3.05) is 43.5 Å². The summed E-state index contributed by atoms with van der Waals surface area (Å²) in [7, 11) is 3.86. The summed E-state index contributed by atoms with van der Waals surface area (Å²) >= 11 is 0. The lowest BCUT2D eigenvalue weighted by molar-refractivity contribution is -0.125. The van der Waals surface area contributed by atoms with Crippen LogP contribution in [0.4, 0.5) is 11.4 Å². The molecular weight excluding hydrogens is 254 g/mol. The molecule has 1 saturated heterocycles. The largest absolute Gasteiger partial charge is 0.378 e. The summed E-state index contributed by atoms with van der Waals surface area (Å²) in [5.74, 6) is -0.246. The monoisotopic (exact) mass is 275 g/mol. The Hall–Kier alpha value is -1.59. The normalized spacial score (nSPS) is 27.1. The van der Waals surface area contributed by atoms with E-state index in [1.807, 2.05) is 18.2 Å². The maximum Gasteiger partial charge on any atom is 0.260 e. The number of aliphatic hydroxyl groups is 1. The number of nitrogens with zero attached hydrogens (tertiary/aromatic N) is 3.